The first kappa shape index (κ1) is 13.5. The first-order valence-electron chi connectivity index (χ1n) is 5.88. The largest absolute Gasteiger partial charge is 0.396 e. The number of aliphatic hydroxyl groups is 1. The van der Waals surface area contributed by atoms with Crippen LogP contribution in [0.2, 0.25) is 5.02 Å². The summed E-state index contributed by atoms with van der Waals surface area (Å²) >= 11 is 7.87. The fourth-order valence-corrected chi connectivity index (χ4v) is 3.20. The Labute approximate surface area is 117 Å². The molecule has 2 aromatic carbocycles. The smallest absolute Gasteiger partial charge is 0.0542 e. The van der Waals surface area contributed by atoms with Gasteiger partial charge in [0.15, 0.2) is 0 Å². The monoisotopic (exact) mass is 278 g/mol. The van der Waals surface area contributed by atoms with Crippen LogP contribution in [-0.4, -0.2) is 11.7 Å². The number of aliphatic hydroxyl groups excluding tert-OH is 1. The molecule has 2 aromatic rings. The predicted molar refractivity (Wildman–Crippen MR) is 78.2 cm³/mol. The van der Waals surface area contributed by atoms with Crippen LogP contribution < -0.4 is 0 Å². The second kappa shape index (κ2) is 6.83. The maximum atomic E-state index is 9.20. The van der Waals surface area contributed by atoms with Crippen molar-refractivity contribution < 1.29 is 5.11 Å². The van der Waals surface area contributed by atoms with Gasteiger partial charge in [0, 0.05) is 16.8 Å². The minimum absolute atomic E-state index is 0.178. The normalized spacial score (nSPS) is 12.3. The zero-order valence-electron chi connectivity index (χ0n) is 9.92. The highest BCUT2D eigenvalue weighted by molar-refractivity contribution is 7.99. The Morgan fingerprint density at radius 1 is 1.00 bits per heavy atom. The van der Waals surface area contributed by atoms with Crippen LogP contribution in [0.25, 0.3) is 0 Å². The minimum Gasteiger partial charge on any atom is -0.396 e. The fourth-order valence-electron chi connectivity index (χ4n) is 1.77. The van der Waals surface area contributed by atoms with E-state index in [0.29, 0.717) is 0 Å². The highest BCUT2D eigenvalue weighted by Gasteiger charge is 2.13. The molecule has 0 bridgehead atoms. The van der Waals surface area contributed by atoms with Crippen LogP contribution >= 0.6 is 23.4 Å². The number of halogens is 1. The van der Waals surface area contributed by atoms with Crippen LogP contribution in [0, 0.1) is 0 Å². The van der Waals surface area contributed by atoms with Crippen molar-refractivity contribution in [3.63, 3.8) is 0 Å². The van der Waals surface area contributed by atoms with E-state index in [1.165, 1.54) is 5.56 Å². The van der Waals surface area contributed by atoms with Gasteiger partial charge in [-0.25, -0.2) is 0 Å². The van der Waals surface area contributed by atoms with E-state index >= 15 is 0 Å². The van der Waals surface area contributed by atoms with E-state index in [9.17, 15) is 5.11 Å². The van der Waals surface area contributed by atoms with Gasteiger partial charge in [0.1, 0.15) is 0 Å². The van der Waals surface area contributed by atoms with Crippen LogP contribution in [0.15, 0.2) is 59.5 Å². The molecule has 0 aliphatic carbocycles. The molecule has 0 heterocycles. The zero-order chi connectivity index (χ0) is 12.8. The molecule has 1 atom stereocenters. The van der Waals surface area contributed by atoms with Crippen molar-refractivity contribution in [2.75, 3.05) is 6.61 Å². The van der Waals surface area contributed by atoms with Crippen LogP contribution in [0.5, 0.6) is 0 Å². The van der Waals surface area contributed by atoms with Gasteiger partial charge >= 0.3 is 0 Å². The highest BCUT2D eigenvalue weighted by Crippen LogP contribution is 2.40. The molecule has 0 saturated carbocycles. The van der Waals surface area contributed by atoms with Crippen molar-refractivity contribution >= 4 is 23.4 Å². The Bertz CT molecular complexity index is 487. The van der Waals surface area contributed by atoms with Gasteiger partial charge in [0.2, 0.25) is 0 Å². The van der Waals surface area contributed by atoms with E-state index in [2.05, 4.69) is 12.1 Å². The summed E-state index contributed by atoms with van der Waals surface area (Å²) in [4.78, 5) is 1.06. The summed E-state index contributed by atoms with van der Waals surface area (Å²) in [5.41, 5.74) is 1.22. The summed E-state index contributed by atoms with van der Waals surface area (Å²) in [5, 5.41) is 10.2. The maximum Gasteiger partial charge on any atom is 0.0542 e. The van der Waals surface area contributed by atoms with Crippen molar-refractivity contribution in [3.05, 3.63) is 65.2 Å². The Morgan fingerprint density at radius 3 is 2.33 bits per heavy atom. The summed E-state index contributed by atoms with van der Waals surface area (Å²) in [5.74, 6) is 0. The number of hydrogen-bond acceptors (Lipinski definition) is 2. The lowest BCUT2D eigenvalue weighted by Gasteiger charge is -2.16. The summed E-state index contributed by atoms with van der Waals surface area (Å²) in [6, 6.07) is 18.0. The third-order valence-corrected chi connectivity index (χ3v) is 4.51. The molecule has 0 radical (unpaired) electrons. The molecule has 0 saturated heterocycles. The van der Waals surface area contributed by atoms with Gasteiger partial charge in [-0.15, -0.1) is 11.8 Å². The lowest BCUT2D eigenvalue weighted by atomic mass is 10.1. The lowest BCUT2D eigenvalue weighted by molar-refractivity contribution is 0.287. The van der Waals surface area contributed by atoms with Gasteiger partial charge in [-0.05, 0) is 24.1 Å². The van der Waals surface area contributed by atoms with E-state index in [1.807, 2.05) is 42.5 Å². The molecule has 18 heavy (non-hydrogen) atoms. The fraction of sp³-hybridized carbons (Fsp3) is 0.200. The van der Waals surface area contributed by atoms with E-state index in [4.69, 9.17) is 11.6 Å². The van der Waals surface area contributed by atoms with E-state index < -0.39 is 0 Å². The summed E-state index contributed by atoms with van der Waals surface area (Å²) < 4.78 is 0. The Kier molecular flexibility index (Phi) is 5.12. The molecule has 0 spiro atoms. The molecule has 94 valence electrons. The summed E-state index contributed by atoms with van der Waals surface area (Å²) in [6.45, 7) is 0.178. The van der Waals surface area contributed by atoms with Gasteiger partial charge in [-0.2, -0.15) is 0 Å². The SMILES string of the molecule is OCCC(Sc1ccccc1Cl)c1ccccc1. The Hall–Kier alpha value is -0.960. The predicted octanol–water partition coefficient (Wildman–Crippen LogP) is 4.56. The van der Waals surface area contributed by atoms with Gasteiger partial charge < -0.3 is 5.11 Å². The average molecular weight is 279 g/mol. The van der Waals surface area contributed by atoms with Gasteiger partial charge in [0.25, 0.3) is 0 Å². The molecule has 0 fully saturated rings. The second-order valence-corrected chi connectivity index (χ2v) is 5.61. The van der Waals surface area contributed by atoms with Crippen molar-refractivity contribution in [3.8, 4) is 0 Å². The van der Waals surface area contributed by atoms with Gasteiger partial charge in [-0.1, -0.05) is 54.1 Å². The van der Waals surface area contributed by atoms with Crippen molar-refractivity contribution in [1.29, 1.82) is 0 Å². The lowest BCUT2D eigenvalue weighted by Crippen LogP contribution is -1.97. The molecule has 2 rings (SSSR count). The van der Waals surface area contributed by atoms with E-state index in [1.54, 1.807) is 11.8 Å². The summed E-state index contributed by atoms with van der Waals surface area (Å²) in [6.07, 6.45) is 0.722. The number of thioether (sulfide) groups is 1. The second-order valence-electron chi connectivity index (χ2n) is 3.96. The van der Waals surface area contributed by atoms with Gasteiger partial charge in [0.05, 0.1) is 5.02 Å². The van der Waals surface area contributed by atoms with E-state index in [0.717, 1.165) is 16.3 Å². The zero-order valence-corrected chi connectivity index (χ0v) is 11.5. The first-order chi connectivity index (χ1) is 8.81. The maximum absolute atomic E-state index is 9.20. The molecular weight excluding hydrogens is 264 g/mol. The Morgan fingerprint density at radius 2 is 1.67 bits per heavy atom. The molecule has 1 N–H and O–H groups in total. The molecule has 0 aromatic heterocycles. The van der Waals surface area contributed by atoms with E-state index in [-0.39, 0.29) is 11.9 Å². The van der Waals surface area contributed by atoms with Crippen molar-refractivity contribution in [2.45, 2.75) is 16.6 Å². The highest BCUT2D eigenvalue weighted by atomic mass is 35.5. The third-order valence-electron chi connectivity index (χ3n) is 2.67. The number of rotatable bonds is 5. The van der Waals surface area contributed by atoms with Gasteiger partial charge in [-0.3, -0.25) is 0 Å². The van der Waals surface area contributed by atoms with Crippen molar-refractivity contribution in [1.82, 2.24) is 0 Å². The molecule has 0 aliphatic rings. The molecule has 0 aliphatic heterocycles. The summed E-state index contributed by atoms with van der Waals surface area (Å²) in [7, 11) is 0. The van der Waals surface area contributed by atoms with Crippen LogP contribution in [0.4, 0.5) is 0 Å². The Balaban J connectivity index is 2.19. The minimum atomic E-state index is 0.178. The van der Waals surface area contributed by atoms with Crippen LogP contribution in [-0.2, 0) is 0 Å². The quantitative estimate of drug-likeness (QED) is 0.810. The topological polar surface area (TPSA) is 20.2 Å². The van der Waals surface area contributed by atoms with Crippen LogP contribution in [0.3, 0.4) is 0 Å². The molecule has 3 heteroatoms. The van der Waals surface area contributed by atoms with Crippen molar-refractivity contribution in [2.24, 2.45) is 0 Å². The third kappa shape index (κ3) is 3.52. The molecule has 0 amide bonds. The number of hydrogen-bond donors (Lipinski definition) is 1. The standard InChI is InChI=1S/C15H15ClOS/c16-13-8-4-5-9-15(13)18-14(10-11-17)12-6-2-1-3-7-12/h1-9,14,17H,10-11H2. The van der Waals surface area contributed by atoms with Crippen LogP contribution in [0.1, 0.15) is 17.2 Å². The molecular formula is C15H15ClOS. The molecule has 1 nitrogen and oxygen atoms in total. The number of benzene rings is 2. The average Bonchev–Trinajstić information content (AvgIpc) is 2.42. The first-order valence-corrected chi connectivity index (χ1v) is 7.14. The molecule has 1 unspecified atom stereocenters.